The summed E-state index contributed by atoms with van der Waals surface area (Å²) in [7, 11) is 1.39. The van der Waals surface area contributed by atoms with Gasteiger partial charge in [-0.25, -0.2) is 4.79 Å². The Morgan fingerprint density at radius 1 is 1.32 bits per heavy atom. The maximum atomic E-state index is 12.2. The third kappa shape index (κ3) is 3.24. The van der Waals surface area contributed by atoms with Crippen molar-refractivity contribution in [3.63, 3.8) is 0 Å². The quantitative estimate of drug-likeness (QED) is 0.803. The predicted octanol–water partition coefficient (Wildman–Crippen LogP) is 2.84. The molecule has 2 atom stereocenters. The molecule has 1 fully saturated rings. The summed E-state index contributed by atoms with van der Waals surface area (Å²) in [6, 6.07) is 9.54. The van der Waals surface area contributed by atoms with E-state index in [0.29, 0.717) is 13.1 Å². The summed E-state index contributed by atoms with van der Waals surface area (Å²) >= 11 is 0. The van der Waals surface area contributed by atoms with Crippen molar-refractivity contribution in [1.82, 2.24) is 4.90 Å². The van der Waals surface area contributed by atoms with E-state index >= 15 is 0 Å². The summed E-state index contributed by atoms with van der Waals surface area (Å²) in [5.41, 5.74) is 0.285. The number of likely N-dealkylation sites (tertiary alicyclic amines) is 1. The van der Waals surface area contributed by atoms with Crippen molar-refractivity contribution >= 4 is 12.1 Å². The van der Waals surface area contributed by atoms with Crippen LogP contribution < -0.4 is 0 Å². The second-order valence-corrected chi connectivity index (χ2v) is 5.93. The second-order valence-electron chi connectivity index (χ2n) is 5.93. The maximum absolute atomic E-state index is 12.2. The number of carbonyl (C=O) groups excluding carboxylic acids is 2. The molecule has 1 aliphatic rings. The molecule has 0 N–H and O–H groups in total. The average Bonchev–Trinajstić information content (AvgIpc) is 2.91. The van der Waals surface area contributed by atoms with Crippen molar-refractivity contribution in [2.75, 3.05) is 20.2 Å². The van der Waals surface area contributed by atoms with Gasteiger partial charge in [-0.15, -0.1) is 0 Å². The minimum atomic E-state index is -0.657. The number of hydrogen-bond acceptors (Lipinski definition) is 4. The fourth-order valence-corrected chi connectivity index (χ4v) is 3.05. The molecule has 5 heteroatoms. The summed E-state index contributed by atoms with van der Waals surface area (Å²) in [6.45, 7) is 4.98. The van der Waals surface area contributed by atoms with E-state index < -0.39 is 5.41 Å². The molecule has 1 aromatic carbocycles. The number of nitrogens with zero attached hydrogens (tertiary/aromatic N) is 1. The summed E-state index contributed by atoms with van der Waals surface area (Å²) in [5.74, 6) is -0.179. The van der Waals surface area contributed by atoms with Gasteiger partial charge in [0.2, 0.25) is 0 Å². The number of ether oxygens (including phenoxy) is 2. The van der Waals surface area contributed by atoms with Crippen molar-refractivity contribution < 1.29 is 19.1 Å². The van der Waals surface area contributed by atoms with Crippen LogP contribution in [0.25, 0.3) is 0 Å². The number of hydrogen-bond donors (Lipinski definition) is 0. The SMILES string of the molecule is CC[C@H]1CN(C(=O)OCc2ccccc2)C[C@]1(C)C(=O)OC. The van der Waals surface area contributed by atoms with Crippen LogP contribution in [-0.2, 0) is 20.9 Å². The first-order chi connectivity index (χ1) is 10.5. The highest BCUT2D eigenvalue weighted by Crippen LogP contribution is 2.39. The molecule has 0 aliphatic carbocycles. The molecule has 1 heterocycles. The lowest BCUT2D eigenvalue weighted by Gasteiger charge is -2.26. The Labute approximate surface area is 131 Å². The van der Waals surface area contributed by atoms with Crippen molar-refractivity contribution in [3.05, 3.63) is 35.9 Å². The van der Waals surface area contributed by atoms with Crippen LogP contribution in [0.5, 0.6) is 0 Å². The van der Waals surface area contributed by atoms with Gasteiger partial charge in [-0.2, -0.15) is 0 Å². The van der Waals surface area contributed by atoms with E-state index in [0.717, 1.165) is 12.0 Å². The Balaban J connectivity index is 1.98. The molecular weight excluding hydrogens is 282 g/mol. The standard InChI is InChI=1S/C17H23NO4/c1-4-14-10-18(12-17(14,2)15(19)21-3)16(20)22-11-13-8-6-5-7-9-13/h5-9,14H,4,10-12H2,1-3H3/t14-,17-/m0/s1. The summed E-state index contributed by atoms with van der Waals surface area (Å²) in [6.07, 6.45) is 0.434. The largest absolute Gasteiger partial charge is 0.469 e. The van der Waals surface area contributed by atoms with Crippen LogP contribution in [0.15, 0.2) is 30.3 Å². The average molecular weight is 305 g/mol. The zero-order chi connectivity index (χ0) is 16.2. The van der Waals surface area contributed by atoms with E-state index in [1.54, 1.807) is 4.90 Å². The highest BCUT2D eigenvalue weighted by atomic mass is 16.6. The van der Waals surface area contributed by atoms with E-state index in [2.05, 4.69) is 0 Å². The molecule has 1 amide bonds. The minimum absolute atomic E-state index is 0.0872. The van der Waals surface area contributed by atoms with Crippen molar-refractivity contribution in [2.45, 2.75) is 26.9 Å². The molecule has 22 heavy (non-hydrogen) atoms. The molecule has 0 saturated carbocycles. The maximum Gasteiger partial charge on any atom is 0.410 e. The number of benzene rings is 1. The van der Waals surface area contributed by atoms with Gasteiger partial charge >= 0.3 is 12.1 Å². The van der Waals surface area contributed by atoms with Crippen molar-refractivity contribution in [2.24, 2.45) is 11.3 Å². The van der Waals surface area contributed by atoms with Gasteiger partial charge in [0, 0.05) is 13.1 Å². The number of esters is 1. The fourth-order valence-electron chi connectivity index (χ4n) is 3.05. The lowest BCUT2D eigenvalue weighted by Crippen LogP contribution is -2.38. The van der Waals surface area contributed by atoms with E-state index in [9.17, 15) is 9.59 Å². The van der Waals surface area contributed by atoms with Crippen LogP contribution in [0.1, 0.15) is 25.8 Å². The molecule has 1 saturated heterocycles. The van der Waals surface area contributed by atoms with Crippen LogP contribution in [-0.4, -0.2) is 37.2 Å². The van der Waals surface area contributed by atoms with Crippen LogP contribution in [0.2, 0.25) is 0 Å². The highest BCUT2D eigenvalue weighted by molar-refractivity contribution is 5.79. The fraction of sp³-hybridized carbons (Fsp3) is 0.529. The minimum Gasteiger partial charge on any atom is -0.469 e. The van der Waals surface area contributed by atoms with E-state index in [1.165, 1.54) is 7.11 Å². The van der Waals surface area contributed by atoms with Crippen molar-refractivity contribution in [3.8, 4) is 0 Å². The van der Waals surface area contributed by atoms with Gasteiger partial charge in [0.1, 0.15) is 6.61 Å². The van der Waals surface area contributed by atoms with Crippen LogP contribution >= 0.6 is 0 Å². The first kappa shape index (κ1) is 16.3. The smallest absolute Gasteiger partial charge is 0.410 e. The molecule has 0 spiro atoms. The Kier molecular flexibility index (Phi) is 5.06. The Morgan fingerprint density at radius 3 is 2.59 bits per heavy atom. The molecule has 0 bridgehead atoms. The lowest BCUT2D eigenvalue weighted by atomic mass is 9.78. The molecular formula is C17H23NO4. The van der Waals surface area contributed by atoms with Crippen LogP contribution in [0.4, 0.5) is 4.79 Å². The van der Waals surface area contributed by atoms with E-state index in [1.807, 2.05) is 44.2 Å². The molecule has 0 unspecified atom stereocenters. The van der Waals surface area contributed by atoms with Gasteiger partial charge < -0.3 is 14.4 Å². The molecule has 120 valence electrons. The zero-order valence-electron chi connectivity index (χ0n) is 13.4. The normalized spacial score (nSPS) is 24.1. The Bertz CT molecular complexity index is 531. The number of carbonyl (C=O) groups is 2. The van der Waals surface area contributed by atoms with Gasteiger partial charge in [0.15, 0.2) is 0 Å². The third-order valence-corrected chi connectivity index (χ3v) is 4.47. The third-order valence-electron chi connectivity index (χ3n) is 4.47. The van der Waals surface area contributed by atoms with Gasteiger partial charge in [-0.05, 0) is 18.4 Å². The van der Waals surface area contributed by atoms with E-state index in [-0.39, 0.29) is 24.6 Å². The zero-order valence-corrected chi connectivity index (χ0v) is 13.4. The Morgan fingerprint density at radius 2 is 2.00 bits per heavy atom. The second kappa shape index (κ2) is 6.81. The molecule has 1 aromatic rings. The summed E-state index contributed by atoms with van der Waals surface area (Å²) < 4.78 is 10.3. The number of amides is 1. The number of rotatable bonds is 4. The van der Waals surface area contributed by atoms with Crippen molar-refractivity contribution in [1.29, 1.82) is 0 Å². The lowest BCUT2D eigenvalue weighted by molar-refractivity contribution is -0.153. The molecule has 5 nitrogen and oxygen atoms in total. The van der Waals surface area contributed by atoms with Crippen LogP contribution in [0.3, 0.4) is 0 Å². The molecule has 1 aliphatic heterocycles. The molecule has 0 radical (unpaired) electrons. The predicted molar refractivity (Wildman–Crippen MR) is 82.1 cm³/mol. The Hall–Kier alpha value is -2.04. The topological polar surface area (TPSA) is 55.8 Å². The van der Waals surface area contributed by atoms with Crippen LogP contribution in [0, 0.1) is 11.3 Å². The monoisotopic (exact) mass is 305 g/mol. The molecule has 0 aromatic heterocycles. The van der Waals surface area contributed by atoms with Gasteiger partial charge in [0.25, 0.3) is 0 Å². The number of methoxy groups -OCH3 is 1. The summed E-state index contributed by atoms with van der Waals surface area (Å²) in [5, 5.41) is 0. The summed E-state index contributed by atoms with van der Waals surface area (Å²) in [4.78, 5) is 25.9. The van der Waals surface area contributed by atoms with Gasteiger partial charge in [-0.3, -0.25) is 4.79 Å². The highest BCUT2D eigenvalue weighted by Gasteiger charge is 2.50. The molecule has 2 rings (SSSR count). The van der Waals surface area contributed by atoms with E-state index in [4.69, 9.17) is 9.47 Å². The van der Waals surface area contributed by atoms with Gasteiger partial charge in [0.05, 0.1) is 12.5 Å². The van der Waals surface area contributed by atoms with Gasteiger partial charge in [-0.1, -0.05) is 43.7 Å². The first-order valence-electron chi connectivity index (χ1n) is 7.55. The first-order valence-corrected chi connectivity index (χ1v) is 7.55.